The number of alkyl halides is 3. The zero-order chi connectivity index (χ0) is 17.3. The van der Waals surface area contributed by atoms with E-state index >= 15 is 0 Å². The summed E-state index contributed by atoms with van der Waals surface area (Å²) < 4.78 is 38.4. The molecule has 0 aliphatic carbocycles. The van der Waals surface area contributed by atoms with Gasteiger partial charge < -0.3 is 10.6 Å². The van der Waals surface area contributed by atoms with Crippen molar-refractivity contribution in [3.8, 4) is 10.6 Å². The number of carbonyl (C=O) groups is 1. The van der Waals surface area contributed by atoms with E-state index in [0.29, 0.717) is 23.7 Å². The monoisotopic (exact) mass is 427 g/mol. The molecular formula is C16H18Cl2F3N3OS. The summed E-state index contributed by atoms with van der Waals surface area (Å²) in [6.45, 7) is 1.04. The molecular weight excluding hydrogens is 410 g/mol. The zero-order valence-corrected chi connectivity index (χ0v) is 16.0. The zero-order valence-electron chi connectivity index (χ0n) is 13.5. The SMILES string of the molecule is Cl.Cl.NCC1CCCN1C(=O)c1csc(-c2cccc(C(F)(F)F)c2)n1. The van der Waals surface area contributed by atoms with E-state index in [1.54, 1.807) is 16.3 Å². The summed E-state index contributed by atoms with van der Waals surface area (Å²) in [5.41, 5.74) is 5.55. The molecule has 0 saturated carbocycles. The first-order valence-electron chi connectivity index (χ1n) is 7.54. The number of amides is 1. The molecule has 10 heteroatoms. The molecule has 2 aromatic rings. The number of likely N-dealkylation sites (tertiary alicyclic amines) is 1. The number of thiazole rings is 1. The number of aromatic nitrogens is 1. The third-order valence-electron chi connectivity index (χ3n) is 4.07. The van der Waals surface area contributed by atoms with Crippen molar-refractivity contribution in [2.75, 3.05) is 13.1 Å². The van der Waals surface area contributed by atoms with E-state index in [9.17, 15) is 18.0 Å². The molecule has 26 heavy (non-hydrogen) atoms. The molecule has 1 saturated heterocycles. The van der Waals surface area contributed by atoms with Crippen LogP contribution in [0.5, 0.6) is 0 Å². The minimum atomic E-state index is -4.41. The fraction of sp³-hybridized carbons (Fsp3) is 0.375. The molecule has 1 aromatic heterocycles. The molecule has 0 spiro atoms. The van der Waals surface area contributed by atoms with Gasteiger partial charge in [0.15, 0.2) is 0 Å². The lowest BCUT2D eigenvalue weighted by atomic mass is 10.1. The standard InChI is InChI=1S/C16H16F3N3OS.2ClH/c17-16(18,19)11-4-1-3-10(7-11)14-21-13(9-24-14)15(23)22-6-2-5-12(22)8-20;;/h1,3-4,7,9,12H,2,5-6,8,20H2;2*1H. The Bertz CT molecular complexity index is 754. The maximum absolute atomic E-state index is 12.8. The average Bonchev–Trinajstić information content (AvgIpc) is 3.22. The van der Waals surface area contributed by atoms with Crippen molar-refractivity contribution in [2.24, 2.45) is 5.73 Å². The minimum absolute atomic E-state index is 0. The number of rotatable bonds is 3. The fourth-order valence-electron chi connectivity index (χ4n) is 2.83. The van der Waals surface area contributed by atoms with Gasteiger partial charge in [-0.3, -0.25) is 4.79 Å². The summed E-state index contributed by atoms with van der Waals surface area (Å²) in [4.78, 5) is 18.5. The second-order valence-electron chi connectivity index (χ2n) is 5.65. The molecule has 1 fully saturated rings. The molecule has 4 nitrogen and oxygen atoms in total. The van der Waals surface area contributed by atoms with Gasteiger partial charge in [-0.1, -0.05) is 12.1 Å². The van der Waals surface area contributed by atoms with E-state index < -0.39 is 11.7 Å². The number of carbonyl (C=O) groups excluding carboxylic acids is 1. The van der Waals surface area contributed by atoms with Crippen LogP contribution in [0.1, 0.15) is 28.9 Å². The predicted molar refractivity (Wildman–Crippen MR) is 100 cm³/mol. The first kappa shape index (κ1) is 22.7. The normalized spacial score (nSPS) is 16.8. The summed E-state index contributed by atoms with van der Waals surface area (Å²) >= 11 is 1.16. The molecule has 1 atom stereocenters. The Morgan fingerprint density at radius 3 is 2.73 bits per heavy atom. The van der Waals surface area contributed by atoms with Crippen LogP contribution >= 0.6 is 36.2 Å². The van der Waals surface area contributed by atoms with E-state index in [1.165, 1.54) is 6.07 Å². The Morgan fingerprint density at radius 1 is 1.35 bits per heavy atom. The summed E-state index contributed by atoms with van der Waals surface area (Å²) in [5, 5.41) is 1.98. The second-order valence-corrected chi connectivity index (χ2v) is 6.50. The van der Waals surface area contributed by atoms with Crippen LogP contribution in [-0.2, 0) is 6.18 Å². The third kappa shape index (κ3) is 4.68. The van der Waals surface area contributed by atoms with Crippen LogP contribution in [0.15, 0.2) is 29.6 Å². The number of hydrogen-bond donors (Lipinski definition) is 1. The smallest absolute Gasteiger partial charge is 0.333 e. The highest BCUT2D eigenvalue weighted by Crippen LogP contribution is 2.33. The summed E-state index contributed by atoms with van der Waals surface area (Å²) in [6, 6.07) is 4.97. The third-order valence-corrected chi connectivity index (χ3v) is 4.96. The fourth-order valence-corrected chi connectivity index (χ4v) is 3.62. The lowest BCUT2D eigenvalue weighted by Gasteiger charge is -2.22. The Labute approximate surface area is 165 Å². The Hall–Kier alpha value is -1.35. The topological polar surface area (TPSA) is 59.2 Å². The van der Waals surface area contributed by atoms with Gasteiger partial charge in [-0.2, -0.15) is 13.2 Å². The van der Waals surface area contributed by atoms with Crippen LogP contribution in [0, 0.1) is 0 Å². The van der Waals surface area contributed by atoms with Gasteiger partial charge in [0.05, 0.1) is 5.56 Å². The molecule has 2 N–H and O–H groups in total. The lowest BCUT2D eigenvalue weighted by molar-refractivity contribution is -0.137. The largest absolute Gasteiger partial charge is 0.416 e. The number of hydrogen-bond acceptors (Lipinski definition) is 4. The van der Waals surface area contributed by atoms with Crippen molar-refractivity contribution >= 4 is 42.1 Å². The number of halogens is 5. The molecule has 1 aliphatic rings. The average molecular weight is 428 g/mol. The number of nitrogens with zero attached hydrogens (tertiary/aromatic N) is 2. The molecule has 0 radical (unpaired) electrons. The van der Waals surface area contributed by atoms with Gasteiger partial charge in [0.1, 0.15) is 10.7 Å². The van der Waals surface area contributed by atoms with Crippen LogP contribution in [0.4, 0.5) is 13.2 Å². The highest BCUT2D eigenvalue weighted by molar-refractivity contribution is 7.13. The van der Waals surface area contributed by atoms with E-state index in [2.05, 4.69) is 4.98 Å². The molecule has 1 aromatic carbocycles. The molecule has 1 amide bonds. The summed E-state index contributed by atoms with van der Waals surface area (Å²) in [7, 11) is 0. The van der Waals surface area contributed by atoms with Crippen LogP contribution in [0.2, 0.25) is 0 Å². The first-order valence-corrected chi connectivity index (χ1v) is 8.42. The summed E-state index contributed by atoms with van der Waals surface area (Å²) in [6.07, 6.45) is -2.64. The predicted octanol–water partition coefficient (Wildman–Crippen LogP) is 4.24. The number of benzene rings is 1. The minimum Gasteiger partial charge on any atom is -0.333 e. The van der Waals surface area contributed by atoms with Crippen molar-refractivity contribution in [3.63, 3.8) is 0 Å². The van der Waals surface area contributed by atoms with Gasteiger partial charge in [0.25, 0.3) is 5.91 Å². The van der Waals surface area contributed by atoms with Crippen molar-refractivity contribution in [1.82, 2.24) is 9.88 Å². The molecule has 1 aliphatic heterocycles. The molecule has 3 rings (SSSR count). The molecule has 1 unspecified atom stereocenters. The summed E-state index contributed by atoms with van der Waals surface area (Å²) in [5.74, 6) is -0.211. The van der Waals surface area contributed by atoms with Gasteiger partial charge in [-0.15, -0.1) is 36.2 Å². The molecule has 2 heterocycles. The highest BCUT2D eigenvalue weighted by atomic mass is 35.5. The van der Waals surface area contributed by atoms with Crippen LogP contribution < -0.4 is 5.73 Å². The van der Waals surface area contributed by atoms with Gasteiger partial charge >= 0.3 is 6.18 Å². The van der Waals surface area contributed by atoms with Crippen LogP contribution in [-0.4, -0.2) is 34.9 Å². The van der Waals surface area contributed by atoms with Crippen molar-refractivity contribution < 1.29 is 18.0 Å². The number of nitrogens with two attached hydrogens (primary N) is 1. The van der Waals surface area contributed by atoms with E-state index in [-0.39, 0.29) is 42.5 Å². The van der Waals surface area contributed by atoms with Gasteiger partial charge in [0.2, 0.25) is 0 Å². The second kappa shape index (κ2) is 9.03. The highest BCUT2D eigenvalue weighted by Gasteiger charge is 2.31. The van der Waals surface area contributed by atoms with Crippen LogP contribution in [0.25, 0.3) is 10.6 Å². The van der Waals surface area contributed by atoms with E-state index in [1.807, 2.05) is 0 Å². The maximum atomic E-state index is 12.8. The Balaban J connectivity index is 0.00000169. The Morgan fingerprint density at radius 2 is 2.08 bits per heavy atom. The van der Waals surface area contributed by atoms with Crippen molar-refractivity contribution in [1.29, 1.82) is 0 Å². The van der Waals surface area contributed by atoms with Crippen molar-refractivity contribution in [3.05, 3.63) is 40.9 Å². The van der Waals surface area contributed by atoms with Gasteiger partial charge in [-0.25, -0.2) is 4.98 Å². The molecule has 0 bridgehead atoms. The van der Waals surface area contributed by atoms with E-state index in [4.69, 9.17) is 5.73 Å². The van der Waals surface area contributed by atoms with Crippen molar-refractivity contribution in [2.45, 2.75) is 25.1 Å². The maximum Gasteiger partial charge on any atom is 0.416 e. The van der Waals surface area contributed by atoms with Crippen LogP contribution in [0.3, 0.4) is 0 Å². The first-order chi connectivity index (χ1) is 11.4. The Kier molecular flexibility index (Phi) is 7.88. The van der Waals surface area contributed by atoms with Gasteiger partial charge in [-0.05, 0) is 25.0 Å². The van der Waals surface area contributed by atoms with E-state index in [0.717, 1.165) is 36.3 Å². The molecule has 144 valence electrons. The lowest BCUT2D eigenvalue weighted by Crippen LogP contribution is -2.40. The quantitative estimate of drug-likeness (QED) is 0.796. The van der Waals surface area contributed by atoms with Gasteiger partial charge in [0, 0.05) is 30.1 Å².